The Hall–Kier alpha value is -0.850. The Kier molecular flexibility index (Phi) is 2.56. The third-order valence-corrected chi connectivity index (χ3v) is 6.59. The summed E-state index contributed by atoms with van der Waals surface area (Å²) in [5.74, 6) is 2.70. The van der Waals surface area contributed by atoms with Crippen LogP contribution in [0.2, 0.25) is 0 Å². The maximum absolute atomic E-state index is 11.6. The van der Waals surface area contributed by atoms with Crippen molar-refractivity contribution in [1.29, 1.82) is 0 Å². The van der Waals surface area contributed by atoms with Crippen LogP contribution in [0.1, 0.15) is 58.3 Å². The van der Waals surface area contributed by atoms with Crippen molar-refractivity contribution in [3.63, 3.8) is 0 Å². The van der Waals surface area contributed by atoms with Crippen LogP contribution in [-0.2, 0) is 4.79 Å². The largest absolute Gasteiger partial charge is 0.295 e. The minimum Gasteiger partial charge on any atom is -0.295 e. The van der Waals surface area contributed by atoms with Crippen LogP contribution >= 0.6 is 0 Å². The summed E-state index contributed by atoms with van der Waals surface area (Å²) >= 11 is 0. The van der Waals surface area contributed by atoms with Gasteiger partial charge in [-0.2, -0.15) is 0 Å². The smallest absolute Gasteiger partial charge is 0.156 e. The van der Waals surface area contributed by atoms with Crippen molar-refractivity contribution < 1.29 is 4.79 Å². The first-order valence-corrected chi connectivity index (χ1v) is 8.11. The standard InChI is InChI=1S/C18H24O/c1-18-9-2-3-17(18)16-6-4-12-11-13(19)5-7-14(12)15(16)8-10-18/h5,7,12,16-17H,2-4,6,8-11H2,1H3/t12?,16-,17+,18+/m1/s1. The summed E-state index contributed by atoms with van der Waals surface area (Å²) in [7, 11) is 0. The van der Waals surface area contributed by atoms with Crippen molar-refractivity contribution in [2.24, 2.45) is 23.2 Å². The first-order chi connectivity index (χ1) is 9.17. The van der Waals surface area contributed by atoms with Gasteiger partial charge in [-0.3, -0.25) is 4.79 Å². The van der Waals surface area contributed by atoms with E-state index < -0.39 is 0 Å². The summed E-state index contributed by atoms with van der Waals surface area (Å²) < 4.78 is 0. The van der Waals surface area contributed by atoms with E-state index in [4.69, 9.17) is 0 Å². The van der Waals surface area contributed by atoms with Crippen LogP contribution in [0, 0.1) is 23.2 Å². The maximum Gasteiger partial charge on any atom is 0.156 e. The monoisotopic (exact) mass is 256 g/mol. The first kappa shape index (κ1) is 11.9. The highest BCUT2D eigenvalue weighted by Gasteiger charge is 2.48. The molecule has 2 saturated carbocycles. The van der Waals surface area contributed by atoms with Crippen molar-refractivity contribution >= 4 is 5.78 Å². The molecule has 0 saturated heterocycles. The average Bonchev–Trinajstić information content (AvgIpc) is 2.79. The van der Waals surface area contributed by atoms with Gasteiger partial charge in [0.05, 0.1) is 0 Å². The molecule has 0 N–H and O–H groups in total. The number of rotatable bonds is 0. The molecule has 102 valence electrons. The van der Waals surface area contributed by atoms with Gasteiger partial charge in [0.15, 0.2) is 5.78 Å². The summed E-state index contributed by atoms with van der Waals surface area (Å²) in [5.41, 5.74) is 3.96. The van der Waals surface area contributed by atoms with Crippen LogP contribution in [0.4, 0.5) is 0 Å². The molecule has 4 rings (SSSR count). The Labute approximate surface area is 116 Å². The zero-order valence-electron chi connectivity index (χ0n) is 12.0. The van der Waals surface area contributed by atoms with Gasteiger partial charge < -0.3 is 0 Å². The highest BCUT2D eigenvalue weighted by atomic mass is 16.1. The van der Waals surface area contributed by atoms with E-state index in [1.165, 1.54) is 44.9 Å². The molecule has 4 aliphatic carbocycles. The third kappa shape index (κ3) is 1.70. The lowest BCUT2D eigenvalue weighted by atomic mass is 9.57. The highest BCUT2D eigenvalue weighted by molar-refractivity contribution is 5.92. The third-order valence-electron chi connectivity index (χ3n) is 6.59. The molecular weight excluding hydrogens is 232 g/mol. The SMILES string of the molecule is C[C@@]12CCC[C@H]1[C@@H]1CCC3CC(=O)C=CC3=C1CC2. The quantitative estimate of drug-likeness (QED) is 0.626. The number of allylic oxidation sites excluding steroid dienone is 4. The Balaban J connectivity index is 1.74. The second-order valence-corrected chi connectivity index (χ2v) is 7.52. The van der Waals surface area contributed by atoms with Crippen molar-refractivity contribution in [1.82, 2.24) is 0 Å². The molecule has 0 bridgehead atoms. The van der Waals surface area contributed by atoms with E-state index >= 15 is 0 Å². The zero-order chi connectivity index (χ0) is 13.0. The van der Waals surface area contributed by atoms with Gasteiger partial charge in [0.2, 0.25) is 0 Å². The summed E-state index contributed by atoms with van der Waals surface area (Å²) in [4.78, 5) is 11.6. The lowest BCUT2D eigenvalue weighted by Gasteiger charge is -2.48. The Bertz CT molecular complexity index is 484. The number of ketones is 1. The summed E-state index contributed by atoms with van der Waals surface area (Å²) in [6.07, 6.45) is 14.4. The first-order valence-electron chi connectivity index (χ1n) is 8.11. The van der Waals surface area contributed by atoms with E-state index in [2.05, 4.69) is 13.0 Å². The number of carbonyl (C=O) groups excluding carboxylic acids is 1. The predicted molar refractivity (Wildman–Crippen MR) is 76.7 cm³/mol. The van der Waals surface area contributed by atoms with Crippen LogP contribution < -0.4 is 0 Å². The molecule has 1 nitrogen and oxygen atoms in total. The molecule has 0 spiro atoms. The van der Waals surface area contributed by atoms with Gasteiger partial charge in [0.1, 0.15) is 0 Å². The van der Waals surface area contributed by atoms with Crippen LogP contribution in [0.3, 0.4) is 0 Å². The fraction of sp³-hybridized carbons (Fsp3) is 0.722. The molecule has 4 aliphatic rings. The van der Waals surface area contributed by atoms with Gasteiger partial charge in [-0.05, 0) is 73.3 Å². The zero-order valence-corrected chi connectivity index (χ0v) is 12.0. The molecule has 0 aromatic carbocycles. The van der Waals surface area contributed by atoms with E-state index in [1.54, 1.807) is 11.1 Å². The van der Waals surface area contributed by atoms with E-state index in [0.29, 0.717) is 17.1 Å². The Morgan fingerprint density at radius 3 is 2.95 bits per heavy atom. The molecule has 0 radical (unpaired) electrons. The normalized spacial score (nSPS) is 44.9. The van der Waals surface area contributed by atoms with Gasteiger partial charge in [-0.25, -0.2) is 0 Å². The van der Waals surface area contributed by atoms with Crippen molar-refractivity contribution in [2.45, 2.75) is 58.3 Å². The summed E-state index contributed by atoms with van der Waals surface area (Å²) in [6, 6.07) is 0. The number of hydrogen-bond acceptors (Lipinski definition) is 1. The van der Waals surface area contributed by atoms with E-state index in [9.17, 15) is 4.79 Å². The second kappa shape index (κ2) is 4.07. The number of hydrogen-bond donors (Lipinski definition) is 0. The molecule has 0 aromatic heterocycles. The molecule has 0 amide bonds. The van der Waals surface area contributed by atoms with Crippen molar-refractivity contribution in [2.75, 3.05) is 0 Å². The summed E-state index contributed by atoms with van der Waals surface area (Å²) in [5, 5.41) is 0. The van der Waals surface area contributed by atoms with Crippen molar-refractivity contribution in [3.05, 3.63) is 23.3 Å². The minimum atomic E-state index is 0.342. The fourth-order valence-corrected chi connectivity index (χ4v) is 5.59. The Morgan fingerprint density at radius 1 is 1.16 bits per heavy atom. The minimum absolute atomic E-state index is 0.342. The molecule has 4 atom stereocenters. The molecule has 2 fully saturated rings. The van der Waals surface area contributed by atoms with E-state index in [1.807, 2.05) is 6.08 Å². The van der Waals surface area contributed by atoms with Gasteiger partial charge in [0.25, 0.3) is 0 Å². The number of carbonyl (C=O) groups is 1. The van der Waals surface area contributed by atoms with E-state index in [0.717, 1.165) is 18.3 Å². The highest BCUT2D eigenvalue weighted by Crippen LogP contribution is 2.59. The topological polar surface area (TPSA) is 17.1 Å². The molecule has 0 heterocycles. The van der Waals surface area contributed by atoms with Crippen LogP contribution in [0.15, 0.2) is 23.3 Å². The van der Waals surface area contributed by atoms with Gasteiger partial charge >= 0.3 is 0 Å². The number of fused-ring (bicyclic) bond motifs is 4. The van der Waals surface area contributed by atoms with Crippen LogP contribution in [-0.4, -0.2) is 5.78 Å². The second-order valence-electron chi connectivity index (χ2n) is 7.52. The Morgan fingerprint density at radius 2 is 2.05 bits per heavy atom. The lowest BCUT2D eigenvalue weighted by Crippen LogP contribution is -2.38. The maximum atomic E-state index is 11.6. The molecular formula is C18H24O. The van der Waals surface area contributed by atoms with Gasteiger partial charge in [-0.15, -0.1) is 0 Å². The lowest BCUT2D eigenvalue weighted by molar-refractivity contribution is -0.115. The molecule has 1 heteroatoms. The molecule has 0 aromatic rings. The van der Waals surface area contributed by atoms with Crippen LogP contribution in [0.5, 0.6) is 0 Å². The molecule has 0 aliphatic heterocycles. The predicted octanol–water partition coefficient (Wildman–Crippen LogP) is 4.44. The fourth-order valence-electron chi connectivity index (χ4n) is 5.59. The molecule has 1 unspecified atom stereocenters. The average molecular weight is 256 g/mol. The van der Waals surface area contributed by atoms with Gasteiger partial charge in [0, 0.05) is 6.42 Å². The van der Waals surface area contributed by atoms with E-state index in [-0.39, 0.29) is 0 Å². The van der Waals surface area contributed by atoms with Crippen LogP contribution in [0.25, 0.3) is 0 Å². The van der Waals surface area contributed by atoms with Gasteiger partial charge in [-0.1, -0.05) is 25.0 Å². The summed E-state index contributed by atoms with van der Waals surface area (Å²) in [6.45, 7) is 2.54. The molecule has 19 heavy (non-hydrogen) atoms. The van der Waals surface area contributed by atoms with Crippen molar-refractivity contribution in [3.8, 4) is 0 Å².